The average Bonchev–Trinajstić information content (AvgIpc) is 3.61. The summed E-state index contributed by atoms with van der Waals surface area (Å²) in [6.45, 7) is 0.931. The molecule has 0 radical (unpaired) electrons. The van der Waals surface area contributed by atoms with Gasteiger partial charge in [0.25, 0.3) is 0 Å². The van der Waals surface area contributed by atoms with Crippen molar-refractivity contribution in [3.05, 3.63) is 36.7 Å². The number of hydrogen-bond acceptors (Lipinski definition) is 8. The van der Waals surface area contributed by atoms with Gasteiger partial charge in [0.15, 0.2) is 17.0 Å². The molecule has 0 atom stereocenters. The molecule has 3 aromatic rings. The monoisotopic (exact) mass is 538 g/mol. The molecular weight excluding hydrogens is 500 g/mol. The number of piperidine rings is 1. The van der Waals surface area contributed by atoms with E-state index in [4.69, 9.17) is 20.7 Å². The number of imidazole rings is 1. The number of anilines is 2. The minimum Gasteiger partial charge on any atom is -0.365 e. The highest BCUT2D eigenvalue weighted by Crippen LogP contribution is 2.34. The predicted octanol–water partition coefficient (Wildman–Crippen LogP) is 3.89. The van der Waals surface area contributed by atoms with Gasteiger partial charge in [-0.25, -0.2) is 13.4 Å². The van der Waals surface area contributed by atoms with E-state index < -0.39 is 10.0 Å². The Bertz CT molecular complexity index is 1340. The normalized spacial score (nSPS) is 24.1. The van der Waals surface area contributed by atoms with Gasteiger partial charge in [0.05, 0.1) is 11.2 Å². The van der Waals surface area contributed by atoms with Crippen LogP contribution < -0.4 is 16.4 Å². The van der Waals surface area contributed by atoms with Crippen molar-refractivity contribution in [2.24, 2.45) is 5.73 Å². The highest BCUT2D eigenvalue weighted by atomic mass is 32.2. The third kappa shape index (κ3) is 5.23. The Labute approximate surface area is 224 Å². The first kappa shape index (κ1) is 25.5. The molecule has 11 heteroatoms. The van der Waals surface area contributed by atoms with Crippen LogP contribution in [0.4, 0.5) is 11.8 Å². The molecule has 204 valence electrons. The van der Waals surface area contributed by atoms with Crippen molar-refractivity contribution in [3.63, 3.8) is 0 Å². The molecule has 0 unspecified atom stereocenters. The minimum absolute atomic E-state index is 0.104. The first-order valence-corrected chi connectivity index (χ1v) is 15.5. The molecule has 2 aromatic heterocycles. The molecule has 3 aliphatic rings. The Kier molecular flexibility index (Phi) is 7.24. The number of benzene rings is 1. The van der Waals surface area contributed by atoms with Gasteiger partial charge in [0, 0.05) is 37.3 Å². The summed E-state index contributed by atoms with van der Waals surface area (Å²) in [4.78, 5) is 14.9. The molecule has 0 bridgehead atoms. The zero-order valence-corrected chi connectivity index (χ0v) is 22.6. The van der Waals surface area contributed by atoms with Crippen molar-refractivity contribution in [1.82, 2.24) is 23.8 Å². The van der Waals surface area contributed by atoms with Gasteiger partial charge in [-0.2, -0.15) is 14.3 Å². The third-order valence-corrected chi connectivity index (χ3v) is 10.3. The Hall–Kier alpha value is -2.76. The maximum atomic E-state index is 13.1. The summed E-state index contributed by atoms with van der Waals surface area (Å²) in [6, 6.07) is 9.81. The highest BCUT2D eigenvalue weighted by Gasteiger charge is 2.30. The predicted molar refractivity (Wildman–Crippen MR) is 149 cm³/mol. The lowest BCUT2D eigenvalue weighted by molar-refractivity contribution is 0.329. The van der Waals surface area contributed by atoms with E-state index in [9.17, 15) is 8.42 Å². The second-order valence-corrected chi connectivity index (χ2v) is 13.0. The van der Waals surface area contributed by atoms with Crippen LogP contribution in [0.25, 0.3) is 11.2 Å². The number of nitrogens with one attached hydrogen (secondary N) is 2. The van der Waals surface area contributed by atoms with Gasteiger partial charge in [0.2, 0.25) is 16.0 Å². The van der Waals surface area contributed by atoms with Crippen LogP contribution >= 0.6 is 0 Å². The lowest BCUT2D eigenvalue weighted by atomic mass is 9.92. The second-order valence-electron chi connectivity index (χ2n) is 11.0. The summed E-state index contributed by atoms with van der Waals surface area (Å²) in [5.74, 6) is 1.36. The fourth-order valence-corrected chi connectivity index (χ4v) is 7.64. The first-order valence-electron chi connectivity index (χ1n) is 14.1. The number of aromatic nitrogens is 4. The van der Waals surface area contributed by atoms with Crippen molar-refractivity contribution < 1.29 is 8.42 Å². The number of nitrogens with two attached hydrogens (primary N) is 1. The summed E-state index contributed by atoms with van der Waals surface area (Å²) < 4.78 is 29.9. The van der Waals surface area contributed by atoms with Crippen LogP contribution in [0, 0.1) is 0 Å². The van der Waals surface area contributed by atoms with Crippen LogP contribution in [0.1, 0.15) is 70.3 Å². The zero-order chi connectivity index (χ0) is 26.1. The molecule has 2 saturated carbocycles. The van der Waals surface area contributed by atoms with Gasteiger partial charge in [-0.1, -0.05) is 31.0 Å². The summed E-state index contributed by atoms with van der Waals surface area (Å²) in [5.41, 5.74) is 7.77. The summed E-state index contributed by atoms with van der Waals surface area (Å²) in [5, 5.41) is 7.19. The molecule has 3 fully saturated rings. The lowest BCUT2D eigenvalue weighted by Crippen LogP contribution is -2.42. The van der Waals surface area contributed by atoms with Crippen LogP contribution in [0.15, 0.2) is 41.6 Å². The number of fused-ring (bicyclic) bond motifs is 1. The van der Waals surface area contributed by atoms with Gasteiger partial charge in [-0.3, -0.25) is 0 Å². The SMILES string of the molecule is NC1CCC(Nc2nc(NC3CCN(S(=O)(=O)c4ccccc4)CC3)c3ncn(C4CCCC4)c3n2)CC1. The summed E-state index contributed by atoms with van der Waals surface area (Å²) >= 11 is 0. The maximum absolute atomic E-state index is 13.1. The first-order chi connectivity index (χ1) is 18.5. The Morgan fingerprint density at radius 2 is 1.53 bits per heavy atom. The van der Waals surface area contributed by atoms with Crippen LogP contribution in [0.3, 0.4) is 0 Å². The largest absolute Gasteiger partial charge is 0.365 e. The van der Waals surface area contributed by atoms with Crippen LogP contribution in [0.5, 0.6) is 0 Å². The molecule has 1 aromatic carbocycles. The van der Waals surface area contributed by atoms with E-state index in [1.807, 2.05) is 12.4 Å². The van der Waals surface area contributed by atoms with Gasteiger partial charge < -0.3 is 20.9 Å². The van der Waals surface area contributed by atoms with E-state index in [1.165, 1.54) is 12.8 Å². The number of nitrogens with zero attached hydrogens (tertiary/aromatic N) is 5. The summed E-state index contributed by atoms with van der Waals surface area (Å²) in [6.07, 6.45) is 12.1. The maximum Gasteiger partial charge on any atom is 0.243 e. The molecule has 38 heavy (non-hydrogen) atoms. The Morgan fingerprint density at radius 3 is 2.24 bits per heavy atom. The zero-order valence-electron chi connectivity index (χ0n) is 21.8. The average molecular weight is 539 g/mol. The van der Waals surface area contributed by atoms with Crippen molar-refractivity contribution >= 4 is 33.0 Å². The molecular formula is C27H38N8O2S. The van der Waals surface area contributed by atoms with E-state index in [0.29, 0.717) is 48.9 Å². The molecule has 10 nitrogen and oxygen atoms in total. The molecule has 1 saturated heterocycles. The number of hydrogen-bond donors (Lipinski definition) is 3. The topological polar surface area (TPSA) is 131 Å². The molecule has 0 spiro atoms. The van der Waals surface area contributed by atoms with Crippen molar-refractivity contribution in [1.29, 1.82) is 0 Å². The van der Waals surface area contributed by atoms with E-state index in [-0.39, 0.29) is 12.1 Å². The molecule has 4 N–H and O–H groups in total. The molecule has 3 heterocycles. The standard InChI is InChI=1S/C27H38N8O2S/c28-19-10-12-20(13-11-19)31-27-32-25(24-26(33-27)35(18-29-24)22-6-4-5-7-22)30-21-14-16-34(17-15-21)38(36,37)23-8-2-1-3-9-23/h1-3,8-9,18-22H,4-7,10-17,28H2,(H2,30,31,32,33). The van der Waals surface area contributed by atoms with Gasteiger partial charge in [-0.05, 0) is 63.5 Å². The summed E-state index contributed by atoms with van der Waals surface area (Å²) in [7, 11) is -3.48. The van der Waals surface area contributed by atoms with E-state index in [1.54, 1.807) is 28.6 Å². The highest BCUT2D eigenvalue weighted by molar-refractivity contribution is 7.89. The molecule has 0 amide bonds. The van der Waals surface area contributed by atoms with E-state index in [2.05, 4.69) is 15.2 Å². The molecule has 1 aliphatic heterocycles. The smallest absolute Gasteiger partial charge is 0.243 e. The van der Waals surface area contributed by atoms with E-state index >= 15 is 0 Å². The quantitative estimate of drug-likeness (QED) is 0.413. The minimum atomic E-state index is -3.48. The van der Waals surface area contributed by atoms with Crippen LogP contribution in [0.2, 0.25) is 0 Å². The molecule has 2 aliphatic carbocycles. The van der Waals surface area contributed by atoms with Gasteiger partial charge in [-0.15, -0.1) is 0 Å². The van der Waals surface area contributed by atoms with Gasteiger partial charge in [0.1, 0.15) is 0 Å². The van der Waals surface area contributed by atoms with Crippen molar-refractivity contribution in [3.8, 4) is 0 Å². The fraction of sp³-hybridized carbons (Fsp3) is 0.593. The van der Waals surface area contributed by atoms with Crippen molar-refractivity contribution in [2.45, 2.75) is 93.3 Å². The van der Waals surface area contributed by atoms with Crippen molar-refractivity contribution in [2.75, 3.05) is 23.7 Å². The fourth-order valence-electron chi connectivity index (χ4n) is 6.15. The van der Waals surface area contributed by atoms with Gasteiger partial charge >= 0.3 is 0 Å². The lowest BCUT2D eigenvalue weighted by Gasteiger charge is -2.32. The van der Waals surface area contributed by atoms with E-state index in [0.717, 1.165) is 55.5 Å². The third-order valence-electron chi connectivity index (χ3n) is 8.42. The molecule has 6 rings (SSSR count). The second kappa shape index (κ2) is 10.8. The van der Waals surface area contributed by atoms with Crippen LogP contribution in [-0.4, -0.2) is 63.5 Å². The number of sulfonamides is 1. The van der Waals surface area contributed by atoms with Crippen LogP contribution in [-0.2, 0) is 10.0 Å². The number of rotatable bonds is 7. The Balaban J connectivity index is 1.21. The Morgan fingerprint density at radius 1 is 0.842 bits per heavy atom.